The summed E-state index contributed by atoms with van der Waals surface area (Å²) in [4.78, 5) is 12.9. The van der Waals surface area contributed by atoms with Crippen LogP contribution in [0.3, 0.4) is 0 Å². The molecule has 0 saturated heterocycles. The topological polar surface area (TPSA) is 26.3 Å². The van der Waals surface area contributed by atoms with Gasteiger partial charge in [0.25, 0.3) is 0 Å². The second-order valence-corrected chi connectivity index (χ2v) is 11.6. The summed E-state index contributed by atoms with van der Waals surface area (Å²) in [6.45, 7) is 18.2. The minimum absolute atomic E-state index is 0.0340. The Kier molecular flexibility index (Phi) is 4.15. The summed E-state index contributed by atoms with van der Waals surface area (Å²) in [5.74, 6) is 8.16. The highest BCUT2D eigenvalue weighted by Crippen LogP contribution is 2.75. The number of ether oxygens (including phenoxy) is 1. The van der Waals surface area contributed by atoms with Crippen LogP contribution in [-0.2, 0) is 9.53 Å². The summed E-state index contributed by atoms with van der Waals surface area (Å²) in [6.07, 6.45) is 3.47. The smallest absolute Gasteiger partial charge is 0.306 e. The predicted molar refractivity (Wildman–Crippen MR) is 105 cm³/mol. The Morgan fingerprint density at radius 3 is 2.19 bits per heavy atom. The average molecular weight is 361 g/mol. The van der Waals surface area contributed by atoms with Gasteiger partial charge in [-0.1, -0.05) is 41.5 Å². The summed E-state index contributed by atoms with van der Waals surface area (Å²) in [5.41, 5.74) is -0.226. The van der Waals surface area contributed by atoms with E-state index in [2.05, 4.69) is 55.4 Å². The van der Waals surface area contributed by atoms with Crippen molar-refractivity contribution in [3.05, 3.63) is 0 Å². The summed E-state index contributed by atoms with van der Waals surface area (Å²) >= 11 is 0. The lowest BCUT2D eigenvalue weighted by molar-refractivity contribution is -0.166. The molecule has 4 aliphatic carbocycles. The molecular formula is C24H40O2. The van der Waals surface area contributed by atoms with Crippen LogP contribution in [0.1, 0.15) is 74.7 Å². The number of hydrogen-bond donors (Lipinski definition) is 0. The maximum Gasteiger partial charge on any atom is 0.306 e. The van der Waals surface area contributed by atoms with Crippen LogP contribution in [0.5, 0.6) is 0 Å². The molecule has 4 fully saturated rings. The molecule has 4 aliphatic rings. The highest BCUT2D eigenvalue weighted by Gasteiger charge is 2.70. The monoisotopic (exact) mass is 360 g/mol. The Morgan fingerprint density at radius 1 is 1.04 bits per heavy atom. The molecule has 0 spiro atoms. The number of carbonyl (C=O) groups is 1. The third kappa shape index (κ3) is 2.32. The summed E-state index contributed by atoms with van der Waals surface area (Å²) in [6, 6.07) is 0. The van der Waals surface area contributed by atoms with Gasteiger partial charge in [-0.2, -0.15) is 0 Å². The zero-order valence-electron chi connectivity index (χ0n) is 18.2. The fourth-order valence-electron chi connectivity index (χ4n) is 8.01. The number of fused-ring (bicyclic) bond motifs is 9. The Morgan fingerprint density at radius 2 is 1.62 bits per heavy atom. The molecule has 2 heteroatoms. The predicted octanol–water partition coefficient (Wildman–Crippen LogP) is 5.80. The minimum atomic E-state index is -0.368. The molecule has 4 saturated carbocycles. The van der Waals surface area contributed by atoms with Crippen molar-refractivity contribution in [3.8, 4) is 0 Å². The van der Waals surface area contributed by atoms with Crippen LogP contribution in [0.15, 0.2) is 0 Å². The molecule has 4 rings (SSSR count). The molecule has 26 heavy (non-hydrogen) atoms. The van der Waals surface area contributed by atoms with E-state index in [4.69, 9.17) is 4.74 Å². The van der Waals surface area contributed by atoms with Crippen molar-refractivity contribution in [3.63, 3.8) is 0 Å². The standard InChI is InChI=1S/C24H40O2/c1-12(2)23(6,7)26-20(25)11-24(8)15(5)18-10-19(24)22-17-9-16(21(18)22)13(3)14(17)4/h12-19,21-22H,9-11H2,1-8H3. The lowest BCUT2D eigenvalue weighted by Crippen LogP contribution is -2.47. The third-order valence-corrected chi connectivity index (χ3v) is 10.5. The quantitative estimate of drug-likeness (QED) is 0.468. The van der Waals surface area contributed by atoms with Crippen LogP contribution >= 0.6 is 0 Å². The first-order valence-electron chi connectivity index (χ1n) is 11.2. The lowest BCUT2D eigenvalue weighted by Gasteiger charge is -2.51. The molecule has 0 amide bonds. The molecule has 2 nitrogen and oxygen atoms in total. The van der Waals surface area contributed by atoms with E-state index in [-0.39, 0.29) is 17.0 Å². The van der Waals surface area contributed by atoms with E-state index in [0.29, 0.717) is 18.3 Å². The van der Waals surface area contributed by atoms with Crippen LogP contribution in [0.2, 0.25) is 0 Å². The van der Waals surface area contributed by atoms with Crippen LogP contribution in [-0.4, -0.2) is 11.6 Å². The van der Waals surface area contributed by atoms with E-state index >= 15 is 0 Å². The molecule has 0 aromatic rings. The van der Waals surface area contributed by atoms with E-state index in [1.807, 2.05) is 0 Å². The zero-order chi connectivity index (χ0) is 19.2. The van der Waals surface area contributed by atoms with Gasteiger partial charge in [0.1, 0.15) is 5.60 Å². The molecule has 0 aromatic carbocycles. The fraction of sp³-hybridized carbons (Fsp3) is 0.958. The van der Waals surface area contributed by atoms with Gasteiger partial charge in [-0.3, -0.25) is 4.79 Å². The molecule has 0 aromatic heterocycles. The molecule has 4 bridgehead atoms. The van der Waals surface area contributed by atoms with E-state index in [0.717, 1.165) is 47.3 Å². The van der Waals surface area contributed by atoms with Gasteiger partial charge in [-0.15, -0.1) is 0 Å². The minimum Gasteiger partial charge on any atom is -0.459 e. The maximum atomic E-state index is 12.9. The zero-order valence-corrected chi connectivity index (χ0v) is 18.2. The van der Waals surface area contributed by atoms with Crippen molar-refractivity contribution in [2.24, 2.45) is 64.6 Å². The van der Waals surface area contributed by atoms with Crippen molar-refractivity contribution >= 4 is 5.97 Å². The van der Waals surface area contributed by atoms with Gasteiger partial charge >= 0.3 is 5.97 Å². The van der Waals surface area contributed by atoms with E-state index in [9.17, 15) is 4.79 Å². The molecule has 0 radical (unpaired) electrons. The van der Waals surface area contributed by atoms with Crippen molar-refractivity contribution in [2.45, 2.75) is 80.3 Å². The van der Waals surface area contributed by atoms with Crippen molar-refractivity contribution in [1.29, 1.82) is 0 Å². The molecule has 148 valence electrons. The van der Waals surface area contributed by atoms with Gasteiger partial charge in [0, 0.05) is 0 Å². The van der Waals surface area contributed by atoms with Gasteiger partial charge < -0.3 is 4.74 Å². The van der Waals surface area contributed by atoms with Gasteiger partial charge in [-0.05, 0) is 91.3 Å². The lowest BCUT2D eigenvalue weighted by atomic mass is 9.54. The van der Waals surface area contributed by atoms with Crippen LogP contribution in [0, 0.1) is 64.6 Å². The molecule has 0 aliphatic heterocycles. The first-order chi connectivity index (χ1) is 12.0. The largest absolute Gasteiger partial charge is 0.459 e. The fourth-order valence-corrected chi connectivity index (χ4v) is 8.01. The van der Waals surface area contributed by atoms with E-state index in [1.54, 1.807) is 0 Å². The maximum absolute atomic E-state index is 12.9. The summed E-state index contributed by atoms with van der Waals surface area (Å²) in [7, 11) is 0. The summed E-state index contributed by atoms with van der Waals surface area (Å²) < 4.78 is 5.95. The van der Waals surface area contributed by atoms with Crippen molar-refractivity contribution in [1.82, 2.24) is 0 Å². The van der Waals surface area contributed by atoms with Crippen LogP contribution in [0.4, 0.5) is 0 Å². The highest BCUT2D eigenvalue weighted by molar-refractivity contribution is 5.71. The Hall–Kier alpha value is -0.530. The number of carbonyl (C=O) groups excluding carboxylic acids is 1. The van der Waals surface area contributed by atoms with Gasteiger partial charge in [0.15, 0.2) is 0 Å². The Bertz CT molecular complexity index is 593. The molecule has 0 N–H and O–H groups in total. The van der Waals surface area contributed by atoms with Crippen molar-refractivity contribution in [2.75, 3.05) is 0 Å². The Labute approximate surface area is 160 Å². The van der Waals surface area contributed by atoms with Gasteiger partial charge in [0.05, 0.1) is 6.42 Å². The van der Waals surface area contributed by atoms with Crippen LogP contribution < -0.4 is 0 Å². The van der Waals surface area contributed by atoms with Crippen LogP contribution in [0.25, 0.3) is 0 Å². The number of rotatable bonds is 4. The van der Waals surface area contributed by atoms with Gasteiger partial charge in [0.2, 0.25) is 0 Å². The first kappa shape index (κ1) is 18.8. The highest BCUT2D eigenvalue weighted by atomic mass is 16.6. The van der Waals surface area contributed by atoms with Gasteiger partial charge in [-0.25, -0.2) is 0 Å². The normalized spacial score (nSPS) is 52.0. The first-order valence-corrected chi connectivity index (χ1v) is 11.2. The molecular weight excluding hydrogens is 320 g/mol. The second-order valence-electron chi connectivity index (χ2n) is 11.6. The summed E-state index contributed by atoms with van der Waals surface area (Å²) in [5, 5.41) is 0. The molecule has 10 unspecified atom stereocenters. The molecule has 0 heterocycles. The van der Waals surface area contributed by atoms with E-state index < -0.39 is 0 Å². The second kappa shape index (κ2) is 5.74. The number of esters is 1. The van der Waals surface area contributed by atoms with E-state index in [1.165, 1.54) is 12.8 Å². The average Bonchev–Trinajstić information content (AvgIpc) is 3.21. The Balaban J connectivity index is 1.53. The molecule has 10 atom stereocenters. The SMILES string of the molecule is CC1C(C)C2CC1C1C3CC(C21)C(C)(CC(=O)OC(C)(C)C(C)C)C3C. The third-order valence-electron chi connectivity index (χ3n) is 10.5. The number of hydrogen-bond acceptors (Lipinski definition) is 2. The van der Waals surface area contributed by atoms with Crippen molar-refractivity contribution < 1.29 is 9.53 Å².